The molecule has 2 aromatic rings. The van der Waals surface area contributed by atoms with Crippen LogP contribution in [0.3, 0.4) is 0 Å². The third-order valence-electron chi connectivity index (χ3n) is 5.83. The maximum atomic E-state index is 11.5. The van der Waals surface area contributed by atoms with Crippen LogP contribution in [-0.2, 0) is 16.8 Å². The lowest BCUT2D eigenvalue weighted by Crippen LogP contribution is -2.38. The van der Waals surface area contributed by atoms with Crippen molar-refractivity contribution in [3.8, 4) is 18.0 Å². The first-order valence-electron chi connectivity index (χ1n) is 10.6. The number of ether oxygens (including phenoxy) is 1. The van der Waals surface area contributed by atoms with Crippen LogP contribution in [0.2, 0.25) is 0 Å². The Morgan fingerprint density at radius 1 is 1.33 bits per heavy atom. The summed E-state index contributed by atoms with van der Waals surface area (Å²) in [6.07, 6.45) is 6.65. The smallest absolute Gasteiger partial charge is 0.303 e. The summed E-state index contributed by atoms with van der Waals surface area (Å²) in [6, 6.07) is 6.96. The lowest BCUT2D eigenvalue weighted by atomic mass is 9.66. The Kier molecular flexibility index (Phi) is 7.04. The Balaban J connectivity index is 2.17. The molecule has 0 radical (unpaired) electrons. The van der Waals surface area contributed by atoms with Crippen molar-refractivity contribution < 1.29 is 14.6 Å². The van der Waals surface area contributed by atoms with Crippen LogP contribution in [0.15, 0.2) is 34.4 Å². The van der Waals surface area contributed by atoms with E-state index in [4.69, 9.17) is 9.73 Å². The molecule has 1 aromatic carbocycles. The van der Waals surface area contributed by atoms with Crippen molar-refractivity contribution in [2.24, 2.45) is 15.4 Å². The number of carbonyl (C=O) groups is 1. The minimum atomic E-state index is -0.801. The number of rotatable bonds is 6. The van der Waals surface area contributed by atoms with E-state index in [0.29, 0.717) is 28.2 Å². The van der Waals surface area contributed by atoms with Gasteiger partial charge >= 0.3 is 5.97 Å². The Labute approximate surface area is 197 Å². The summed E-state index contributed by atoms with van der Waals surface area (Å²) in [4.78, 5) is 21.9. The number of aliphatic imine (C=N–C) groups is 1. The predicted molar refractivity (Wildman–Crippen MR) is 125 cm³/mol. The fourth-order valence-electron chi connectivity index (χ4n) is 3.91. The molecule has 8 nitrogen and oxygen atoms in total. The summed E-state index contributed by atoms with van der Waals surface area (Å²) in [5.74, 6) is -0.208. The summed E-state index contributed by atoms with van der Waals surface area (Å²) < 4.78 is 7.41. The highest BCUT2D eigenvalue weighted by Crippen LogP contribution is 2.45. The molecule has 1 aliphatic carbocycles. The lowest BCUT2D eigenvalue weighted by Gasteiger charge is -2.41. The number of carboxylic acids is 1. The van der Waals surface area contributed by atoms with Gasteiger partial charge in [-0.15, -0.1) is 11.3 Å². The lowest BCUT2D eigenvalue weighted by molar-refractivity contribution is -0.141. The maximum Gasteiger partial charge on any atom is 0.303 e. The van der Waals surface area contributed by atoms with Crippen LogP contribution in [0, 0.1) is 28.2 Å². The van der Waals surface area contributed by atoms with Gasteiger partial charge in [0.2, 0.25) is 6.19 Å². The van der Waals surface area contributed by atoms with E-state index in [9.17, 15) is 20.4 Å². The first-order chi connectivity index (χ1) is 15.6. The molecule has 0 saturated heterocycles. The molecule has 172 valence electrons. The van der Waals surface area contributed by atoms with Crippen LogP contribution in [-0.4, -0.2) is 28.6 Å². The Morgan fingerprint density at radius 2 is 2.06 bits per heavy atom. The molecule has 1 N–H and O–H groups in total. The fourth-order valence-corrected chi connectivity index (χ4v) is 4.96. The summed E-state index contributed by atoms with van der Waals surface area (Å²) in [7, 11) is 1.50. The number of aliphatic carboxylic acids is 1. The third kappa shape index (κ3) is 5.50. The zero-order valence-electron chi connectivity index (χ0n) is 19.3. The van der Waals surface area contributed by atoms with Gasteiger partial charge in [-0.2, -0.15) is 20.5 Å². The average Bonchev–Trinajstić information content (AvgIpc) is 3.13. The number of carboxylic acid groups (broad SMARTS) is 1. The number of aromatic nitrogens is 1. The number of nitriles is 2. The van der Waals surface area contributed by atoms with E-state index in [1.165, 1.54) is 18.4 Å². The van der Waals surface area contributed by atoms with E-state index in [1.807, 2.05) is 10.8 Å². The SMILES string of the molecule is COc1ccc(C#N)cc1C(=NC#N)N=c1sc(C(C)(C)C)cn1CC1(CC(=O)O)CCC1. The van der Waals surface area contributed by atoms with E-state index in [2.05, 4.69) is 31.8 Å². The molecule has 1 fully saturated rings. The predicted octanol–water partition coefficient (Wildman–Crippen LogP) is 4.20. The number of hydrogen-bond donors (Lipinski definition) is 1. The Morgan fingerprint density at radius 3 is 2.58 bits per heavy atom. The molecule has 9 heteroatoms. The first kappa shape index (κ1) is 24.2. The Bertz CT molecular complexity index is 1230. The first-order valence-corrected chi connectivity index (χ1v) is 11.4. The quantitative estimate of drug-likeness (QED) is 0.389. The molecule has 0 atom stereocenters. The van der Waals surface area contributed by atoms with Gasteiger partial charge in [0.1, 0.15) is 5.75 Å². The monoisotopic (exact) mass is 465 g/mol. The second-order valence-electron chi connectivity index (χ2n) is 9.35. The van der Waals surface area contributed by atoms with Crippen molar-refractivity contribution in [2.45, 2.75) is 58.4 Å². The molecule has 0 bridgehead atoms. The third-order valence-corrected chi connectivity index (χ3v) is 7.28. The van der Waals surface area contributed by atoms with Gasteiger partial charge in [-0.1, -0.05) is 27.2 Å². The number of amidine groups is 1. The molecule has 3 rings (SSSR count). The van der Waals surface area contributed by atoms with Crippen LogP contribution >= 0.6 is 11.3 Å². The number of benzene rings is 1. The molecule has 1 saturated carbocycles. The zero-order chi connectivity index (χ0) is 24.2. The largest absolute Gasteiger partial charge is 0.496 e. The molecular weight excluding hydrogens is 438 g/mol. The van der Waals surface area contributed by atoms with Crippen molar-refractivity contribution in [1.29, 1.82) is 10.5 Å². The zero-order valence-corrected chi connectivity index (χ0v) is 20.1. The fraction of sp³-hybridized carbons (Fsp3) is 0.458. The van der Waals surface area contributed by atoms with Crippen LogP contribution in [0.25, 0.3) is 0 Å². The van der Waals surface area contributed by atoms with Crippen molar-refractivity contribution in [2.75, 3.05) is 7.11 Å². The molecule has 0 spiro atoms. The number of hydrogen-bond acceptors (Lipinski definition) is 6. The van der Waals surface area contributed by atoms with Gasteiger partial charge < -0.3 is 14.4 Å². The molecule has 1 aliphatic rings. The van der Waals surface area contributed by atoms with E-state index in [0.717, 1.165) is 24.1 Å². The van der Waals surface area contributed by atoms with E-state index in [1.54, 1.807) is 24.4 Å². The van der Waals surface area contributed by atoms with Crippen LogP contribution in [0.5, 0.6) is 5.75 Å². The number of thiazole rings is 1. The number of methoxy groups -OCH3 is 1. The van der Waals surface area contributed by atoms with E-state index < -0.39 is 5.97 Å². The van der Waals surface area contributed by atoms with Crippen LogP contribution in [0.1, 0.15) is 62.5 Å². The minimum Gasteiger partial charge on any atom is -0.496 e. The van der Waals surface area contributed by atoms with Crippen molar-refractivity contribution in [3.05, 3.63) is 45.2 Å². The summed E-state index contributed by atoms with van der Waals surface area (Å²) in [5.41, 5.74) is 0.405. The van der Waals surface area contributed by atoms with Gasteiger partial charge in [0.25, 0.3) is 0 Å². The highest BCUT2D eigenvalue weighted by molar-refractivity contribution is 7.09. The molecule has 1 heterocycles. The van der Waals surface area contributed by atoms with Crippen LogP contribution < -0.4 is 9.54 Å². The van der Waals surface area contributed by atoms with Crippen molar-refractivity contribution >= 4 is 23.1 Å². The summed E-state index contributed by atoms with van der Waals surface area (Å²) >= 11 is 1.49. The van der Waals surface area contributed by atoms with E-state index >= 15 is 0 Å². The van der Waals surface area contributed by atoms with Crippen molar-refractivity contribution in [3.63, 3.8) is 0 Å². The maximum absolute atomic E-state index is 11.5. The molecule has 1 aromatic heterocycles. The van der Waals surface area contributed by atoms with Gasteiger partial charge in [-0.25, -0.2) is 0 Å². The second kappa shape index (κ2) is 9.60. The normalized spacial score (nSPS) is 15.9. The minimum absolute atomic E-state index is 0.108. The molecule has 33 heavy (non-hydrogen) atoms. The molecular formula is C24H27N5O3S. The summed E-state index contributed by atoms with van der Waals surface area (Å²) in [6.45, 7) is 6.84. The van der Waals surface area contributed by atoms with Crippen LogP contribution in [0.4, 0.5) is 0 Å². The molecule has 0 aliphatic heterocycles. The highest BCUT2D eigenvalue weighted by Gasteiger charge is 2.39. The molecule has 0 unspecified atom stereocenters. The standard InChI is InChI=1S/C24H27N5O3S/c1-23(2,3)19-13-29(14-24(8-5-9-24)11-20(30)31)22(33-19)28-21(27-15-26)17-10-16(12-25)6-7-18(17)32-4/h6-7,10,13H,5,8-9,11,14H2,1-4H3,(H,30,31). The van der Waals surface area contributed by atoms with Gasteiger partial charge in [-0.05, 0) is 41.9 Å². The number of nitrogens with zero attached hydrogens (tertiary/aromatic N) is 5. The topological polar surface area (TPSA) is 124 Å². The Hall–Kier alpha value is -3.43. The second-order valence-corrected chi connectivity index (χ2v) is 10.4. The van der Waals surface area contributed by atoms with Crippen molar-refractivity contribution in [1.82, 2.24) is 4.57 Å². The van der Waals surface area contributed by atoms with E-state index in [-0.39, 0.29) is 23.1 Å². The average molecular weight is 466 g/mol. The van der Waals surface area contributed by atoms with Gasteiger partial charge in [0.15, 0.2) is 10.6 Å². The van der Waals surface area contributed by atoms with Gasteiger partial charge in [0.05, 0.1) is 30.7 Å². The summed E-state index contributed by atoms with van der Waals surface area (Å²) in [5, 5.41) is 28.1. The highest BCUT2D eigenvalue weighted by atomic mass is 32.1. The van der Waals surface area contributed by atoms with Gasteiger partial charge in [-0.3, -0.25) is 4.79 Å². The molecule has 0 amide bonds. The van der Waals surface area contributed by atoms with Gasteiger partial charge in [0, 0.05) is 17.6 Å².